The Bertz CT molecular complexity index is 728. The number of halogens is 5. The third-order valence-electron chi connectivity index (χ3n) is 8.03. The monoisotopic (exact) mass is 449 g/mol. The van der Waals surface area contributed by atoms with Gasteiger partial charge in [-0.25, -0.2) is 14.2 Å². The number of fused-ring (bicyclic) bond motifs is 1. The molecule has 3 fully saturated rings. The zero-order valence-corrected chi connectivity index (χ0v) is 18.2. The second-order valence-electron chi connectivity index (χ2n) is 9.90. The Kier molecular flexibility index (Phi) is 6.13. The molecule has 2 heterocycles. The highest BCUT2D eigenvalue weighted by molar-refractivity contribution is 5.81. The summed E-state index contributed by atoms with van der Waals surface area (Å²) >= 11 is 0. The van der Waals surface area contributed by atoms with Gasteiger partial charge in [0.2, 0.25) is 5.91 Å². The molecular weight excluding hydrogens is 417 g/mol. The van der Waals surface area contributed by atoms with E-state index < -0.39 is 36.5 Å². The highest BCUT2D eigenvalue weighted by Gasteiger charge is 2.56. The molecule has 2 saturated heterocycles. The summed E-state index contributed by atoms with van der Waals surface area (Å²) in [7, 11) is 1.88. The van der Waals surface area contributed by atoms with Gasteiger partial charge in [-0.2, -0.15) is 13.2 Å². The second kappa shape index (κ2) is 8.28. The average Bonchev–Trinajstić information content (AvgIpc) is 3.03. The summed E-state index contributed by atoms with van der Waals surface area (Å²) in [6.07, 6.45) is -4.43. The molecule has 4 aliphatic rings. The summed E-state index contributed by atoms with van der Waals surface area (Å²) in [5.41, 5.74) is 4.08. The van der Waals surface area contributed by atoms with Gasteiger partial charge in [0.25, 0.3) is 0 Å². The van der Waals surface area contributed by atoms with Crippen molar-refractivity contribution in [3.05, 3.63) is 11.6 Å². The zero-order valence-electron chi connectivity index (χ0n) is 18.2. The summed E-state index contributed by atoms with van der Waals surface area (Å²) in [5.74, 6) is -2.44. The number of hydrazine groups is 1. The zero-order chi connectivity index (χ0) is 22.7. The molecule has 0 aromatic heterocycles. The number of nitrogens with one attached hydrogen (secondary N) is 1. The van der Waals surface area contributed by atoms with Crippen LogP contribution >= 0.6 is 0 Å². The molecule has 2 aliphatic carbocycles. The highest BCUT2D eigenvalue weighted by atomic mass is 19.4. The SMILES string of the molecule is CC1NN2C(=O)C(C)C(C3=CCC(C(F)(F)F)CC3)N(C)C2C1C1CCC(F)CC1F. The van der Waals surface area contributed by atoms with E-state index in [4.69, 9.17) is 0 Å². The number of hydrogen-bond donors (Lipinski definition) is 1. The Morgan fingerprint density at radius 3 is 2.42 bits per heavy atom. The number of carbonyl (C=O) groups excluding carboxylic acids is 1. The van der Waals surface area contributed by atoms with Crippen molar-refractivity contribution in [1.29, 1.82) is 0 Å². The summed E-state index contributed by atoms with van der Waals surface area (Å²) in [5, 5.41) is 1.59. The van der Waals surface area contributed by atoms with Crippen molar-refractivity contribution in [1.82, 2.24) is 15.3 Å². The largest absolute Gasteiger partial charge is 0.392 e. The number of allylic oxidation sites excluding steroid dienone is 1. The third kappa shape index (κ3) is 4.01. The first kappa shape index (κ1) is 23.0. The molecule has 9 atom stereocenters. The van der Waals surface area contributed by atoms with Crippen molar-refractivity contribution in [2.24, 2.45) is 23.7 Å². The number of hydrogen-bond acceptors (Lipinski definition) is 3. The fourth-order valence-electron chi connectivity index (χ4n) is 6.45. The van der Waals surface area contributed by atoms with Gasteiger partial charge in [0.15, 0.2) is 0 Å². The Morgan fingerprint density at radius 2 is 1.84 bits per heavy atom. The van der Waals surface area contributed by atoms with Gasteiger partial charge in [-0.3, -0.25) is 14.7 Å². The molecule has 0 bridgehead atoms. The standard InChI is InChI=1S/C22H32F5N3O/c1-11-19(13-4-6-14(7-5-13)22(25,26)27)29(3)20-18(12(2)28-30(20)21(11)31)16-9-8-15(23)10-17(16)24/h4,11-12,14-20,28H,5-10H2,1-3H3. The van der Waals surface area contributed by atoms with Gasteiger partial charge in [0.05, 0.1) is 11.8 Å². The van der Waals surface area contributed by atoms with Crippen LogP contribution in [0, 0.1) is 23.7 Å². The second-order valence-corrected chi connectivity index (χ2v) is 9.90. The average molecular weight is 450 g/mol. The maximum Gasteiger partial charge on any atom is 0.392 e. The van der Waals surface area contributed by atoms with Crippen LogP contribution in [0.5, 0.6) is 0 Å². The predicted octanol–water partition coefficient (Wildman–Crippen LogP) is 4.38. The normalized spacial score (nSPS) is 44.9. The Hall–Kier alpha value is -1.22. The van der Waals surface area contributed by atoms with Crippen molar-refractivity contribution in [3.63, 3.8) is 0 Å². The van der Waals surface area contributed by atoms with E-state index in [2.05, 4.69) is 5.43 Å². The quantitative estimate of drug-likeness (QED) is 0.502. The van der Waals surface area contributed by atoms with Crippen molar-refractivity contribution in [2.45, 2.75) is 89.1 Å². The van der Waals surface area contributed by atoms with Gasteiger partial charge in [-0.1, -0.05) is 18.6 Å². The molecule has 0 spiro atoms. The van der Waals surface area contributed by atoms with Gasteiger partial charge in [-0.15, -0.1) is 0 Å². The van der Waals surface area contributed by atoms with E-state index in [9.17, 15) is 26.7 Å². The molecule has 1 N–H and O–H groups in total. The maximum atomic E-state index is 14.9. The summed E-state index contributed by atoms with van der Waals surface area (Å²) in [6, 6.07) is -0.468. The molecule has 1 saturated carbocycles. The molecule has 0 aromatic carbocycles. The van der Waals surface area contributed by atoms with Gasteiger partial charge in [0.1, 0.15) is 18.5 Å². The Balaban J connectivity index is 1.60. The number of amides is 1. The van der Waals surface area contributed by atoms with E-state index in [0.29, 0.717) is 19.3 Å². The van der Waals surface area contributed by atoms with Gasteiger partial charge >= 0.3 is 6.18 Å². The van der Waals surface area contributed by atoms with Crippen molar-refractivity contribution >= 4 is 5.91 Å². The molecule has 9 unspecified atom stereocenters. The molecule has 2 aliphatic heterocycles. The first-order chi connectivity index (χ1) is 14.5. The van der Waals surface area contributed by atoms with E-state index in [1.807, 2.05) is 25.8 Å². The van der Waals surface area contributed by atoms with Gasteiger partial charge in [-0.05, 0) is 52.0 Å². The molecule has 1 amide bonds. The van der Waals surface area contributed by atoms with Crippen LogP contribution in [0.4, 0.5) is 22.0 Å². The molecule has 176 valence electrons. The topological polar surface area (TPSA) is 35.6 Å². The van der Waals surface area contributed by atoms with Crippen LogP contribution in [0.2, 0.25) is 0 Å². The van der Waals surface area contributed by atoms with Crippen LogP contribution in [0.15, 0.2) is 11.6 Å². The fraction of sp³-hybridized carbons (Fsp3) is 0.864. The van der Waals surface area contributed by atoms with Gasteiger partial charge in [0, 0.05) is 24.4 Å². The lowest BCUT2D eigenvalue weighted by molar-refractivity contribution is -0.177. The Labute approximate surface area is 180 Å². The maximum absolute atomic E-state index is 14.9. The van der Waals surface area contributed by atoms with Crippen LogP contribution in [-0.4, -0.2) is 59.6 Å². The van der Waals surface area contributed by atoms with Gasteiger partial charge < -0.3 is 0 Å². The predicted molar refractivity (Wildman–Crippen MR) is 106 cm³/mol. The van der Waals surface area contributed by atoms with E-state index in [1.54, 1.807) is 11.1 Å². The number of rotatable bonds is 2. The fourth-order valence-corrected chi connectivity index (χ4v) is 6.45. The molecule has 4 nitrogen and oxygen atoms in total. The lowest BCUT2D eigenvalue weighted by Gasteiger charge is -2.50. The minimum Gasteiger partial charge on any atom is -0.277 e. The molecule has 0 aromatic rings. The first-order valence-corrected chi connectivity index (χ1v) is 11.4. The number of alkyl halides is 5. The van der Waals surface area contributed by atoms with Crippen LogP contribution < -0.4 is 5.43 Å². The van der Waals surface area contributed by atoms with Crippen LogP contribution in [-0.2, 0) is 4.79 Å². The smallest absolute Gasteiger partial charge is 0.277 e. The van der Waals surface area contributed by atoms with Crippen LogP contribution in [0.3, 0.4) is 0 Å². The van der Waals surface area contributed by atoms with Crippen molar-refractivity contribution in [2.75, 3.05) is 7.05 Å². The molecule has 4 rings (SSSR count). The summed E-state index contributed by atoms with van der Waals surface area (Å²) < 4.78 is 67.9. The minimum absolute atomic E-state index is 0.0279. The first-order valence-electron chi connectivity index (χ1n) is 11.4. The number of nitrogens with zero attached hydrogens (tertiary/aromatic N) is 2. The van der Waals surface area contributed by atoms with Crippen LogP contribution in [0.1, 0.15) is 52.4 Å². The number of likely N-dealkylation sites (N-methyl/N-ethyl adjacent to an activating group) is 1. The lowest BCUT2D eigenvalue weighted by Crippen LogP contribution is -2.65. The third-order valence-corrected chi connectivity index (χ3v) is 8.03. The summed E-state index contributed by atoms with van der Waals surface area (Å²) in [6.45, 7) is 3.73. The minimum atomic E-state index is -4.21. The van der Waals surface area contributed by atoms with E-state index in [1.165, 1.54) is 0 Å². The van der Waals surface area contributed by atoms with Crippen molar-refractivity contribution in [3.8, 4) is 0 Å². The highest BCUT2D eigenvalue weighted by Crippen LogP contribution is 2.46. The Morgan fingerprint density at radius 1 is 1.13 bits per heavy atom. The molecule has 31 heavy (non-hydrogen) atoms. The lowest BCUT2D eigenvalue weighted by atomic mass is 9.73. The van der Waals surface area contributed by atoms with Crippen LogP contribution in [0.25, 0.3) is 0 Å². The van der Waals surface area contributed by atoms with E-state index in [-0.39, 0.29) is 49.1 Å². The summed E-state index contributed by atoms with van der Waals surface area (Å²) in [4.78, 5) is 15.3. The van der Waals surface area contributed by atoms with E-state index >= 15 is 0 Å². The molecular formula is C22H32F5N3O. The van der Waals surface area contributed by atoms with Crippen molar-refractivity contribution < 1.29 is 26.7 Å². The number of carbonyl (C=O) groups is 1. The van der Waals surface area contributed by atoms with E-state index in [0.717, 1.165) is 5.57 Å². The molecule has 9 heteroatoms. The molecule has 0 radical (unpaired) electrons.